The molecule has 0 spiro atoms. The number of rotatable bonds is 3. The number of anilines is 1. The van der Waals surface area contributed by atoms with Gasteiger partial charge in [-0.3, -0.25) is 4.79 Å². The topological polar surface area (TPSA) is 64.4 Å². The first-order valence-corrected chi connectivity index (χ1v) is 7.37. The zero-order valence-electron chi connectivity index (χ0n) is 11.3. The Morgan fingerprint density at radius 3 is 2.70 bits per heavy atom. The van der Waals surface area contributed by atoms with E-state index < -0.39 is 0 Å². The lowest BCUT2D eigenvalue weighted by atomic mass is 9.93. The van der Waals surface area contributed by atoms with Crippen LogP contribution in [0.15, 0.2) is 12.1 Å². The molecule has 4 nitrogen and oxygen atoms in total. The molecule has 1 saturated heterocycles. The normalized spacial score (nSPS) is 17.8. The van der Waals surface area contributed by atoms with Crippen molar-refractivity contribution in [3.8, 4) is 0 Å². The molecular formula is C14H18Cl2N2O2. The van der Waals surface area contributed by atoms with E-state index in [1.807, 2.05) is 6.92 Å². The molecule has 3 N–H and O–H groups in total. The highest BCUT2D eigenvalue weighted by Gasteiger charge is 2.23. The average molecular weight is 317 g/mol. The molecule has 1 fully saturated rings. The van der Waals surface area contributed by atoms with Crippen LogP contribution >= 0.6 is 23.2 Å². The van der Waals surface area contributed by atoms with Crippen molar-refractivity contribution in [1.82, 2.24) is 5.32 Å². The second kappa shape index (κ2) is 6.66. The molecule has 1 unspecified atom stereocenters. The summed E-state index contributed by atoms with van der Waals surface area (Å²) in [5.41, 5.74) is 6.44. The molecule has 6 heteroatoms. The standard InChI is InChI=1S/C14H18Cl2N2O2/c1-8(9-2-4-20-5-3-9)18-14(19)11-6-10(17)7-12(15)13(11)16/h6-9H,2-5,17H2,1H3,(H,18,19). The Bertz CT molecular complexity index is 502. The Kier molecular flexibility index (Phi) is 5.13. The highest BCUT2D eigenvalue weighted by molar-refractivity contribution is 6.44. The molecule has 1 heterocycles. The van der Waals surface area contributed by atoms with Gasteiger partial charge in [-0.15, -0.1) is 0 Å². The molecule has 1 aliphatic rings. The molecule has 2 rings (SSSR count). The van der Waals surface area contributed by atoms with Gasteiger partial charge in [0.05, 0.1) is 15.6 Å². The number of amides is 1. The van der Waals surface area contributed by atoms with Gasteiger partial charge in [0, 0.05) is 24.9 Å². The van der Waals surface area contributed by atoms with Crippen LogP contribution in [0.5, 0.6) is 0 Å². The van der Waals surface area contributed by atoms with Gasteiger partial charge in [0.2, 0.25) is 0 Å². The Morgan fingerprint density at radius 1 is 1.40 bits per heavy atom. The highest BCUT2D eigenvalue weighted by atomic mass is 35.5. The van der Waals surface area contributed by atoms with Gasteiger partial charge in [0.25, 0.3) is 5.91 Å². The van der Waals surface area contributed by atoms with Gasteiger partial charge in [-0.1, -0.05) is 23.2 Å². The summed E-state index contributed by atoms with van der Waals surface area (Å²) in [4.78, 5) is 12.3. The Morgan fingerprint density at radius 2 is 2.05 bits per heavy atom. The Balaban J connectivity index is 2.08. The maximum Gasteiger partial charge on any atom is 0.253 e. The van der Waals surface area contributed by atoms with Crippen molar-refractivity contribution >= 4 is 34.8 Å². The third-order valence-electron chi connectivity index (χ3n) is 3.63. The largest absolute Gasteiger partial charge is 0.399 e. The van der Waals surface area contributed by atoms with Crippen LogP contribution in [0, 0.1) is 5.92 Å². The first-order chi connectivity index (χ1) is 9.49. The molecular weight excluding hydrogens is 299 g/mol. The van der Waals surface area contributed by atoms with Gasteiger partial charge < -0.3 is 15.8 Å². The number of benzene rings is 1. The summed E-state index contributed by atoms with van der Waals surface area (Å²) in [6.07, 6.45) is 1.90. The lowest BCUT2D eigenvalue weighted by Gasteiger charge is -2.28. The van der Waals surface area contributed by atoms with Gasteiger partial charge in [0.15, 0.2) is 0 Å². The summed E-state index contributed by atoms with van der Waals surface area (Å²) >= 11 is 12.0. The van der Waals surface area contributed by atoms with Crippen LogP contribution in [0.25, 0.3) is 0 Å². The molecule has 1 aromatic rings. The minimum Gasteiger partial charge on any atom is -0.399 e. The maximum absolute atomic E-state index is 12.3. The quantitative estimate of drug-likeness (QED) is 0.842. The van der Waals surface area contributed by atoms with Crippen molar-refractivity contribution in [3.63, 3.8) is 0 Å². The van der Waals surface area contributed by atoms with E-state index in [9.17, 15) is 4.79 Å². The molecule has 0 radical (unpaired) electrons. The molecule has 1 amide bonds. The van der Waals surface area contributed by atoms with E-state index in [1.54, 1.807) is 6.07 Å². The van der Waals surface area contributed by atoms with Crippen LogP contribution in [-0.2, 0) is 4.74 Å². The number of halogens is 2. The van der Waals surface area contributed by atoms with E-state index >= 15 is 0 Å². The molecule has 1 atom stereocenters. The summed E-state index contributed by atoms with van der Waals surface area (Å²) in [6.45, 7) is 3.49. The Hall–Kier alpha value is -0.970. The fourth-order valence-corrected chi connectivity index (χ4v) is 2.82. The second-order valence-electron chi connectivity index (χ2n) is 5.08. The maximum atomic E-state index is 12.3. The van der Waals surface area contributed by atoms with E-state index in [2.05, 4.69) is 5.32 Å². The van der Waals surface area contributed by atoms with Crippen molar-refractivity contribution < 1.29 is 9.53 Å². The minimum atomic E-state index is -0.247. The van der Waals surface area contributed by atoms with Gasteiger partial charge in [-0.25, -0.2) is 0 Å². The summed E-state index contributed by atoms with van der Waals surface area (Å²) in [6, 6.07) is 3.13. The lowest BCUT2D eigenvalue weighted by Crippen LogP contribution is -2.40. The molecule has 20 heavy (non-hydrogen) atoms. The Labute approximate surface area is 128 Å². The number of nitrogens with two attached hydrogens (primary N) is 1. The summed E-state index contributed by atoms with van der Waals surface area (Å²) in [5.74, 6) is 0.172. The molecule has 0 bridgehead atoms. The van der Waals surface area contributed by atoms with Crippen LogP contribution in [0.2, 0.25) is 10.0 Å². The van der Waals surface area contributed by atoms with Crippen molar-refractivity contribution in [2.24, 2.45) is 5.92 Å². The number of hydrogen-bond acceptors (Lipinski definition) is 3. The van der Waals surface area contributed by atoms with Crippen molar-refractivity contribution in [2.75, 3.05) is 18.9 Å². The smallest absolute Gasteiger partial charge is 0.253 e. The molecule has 0 aliphatic carbocycles. The highest BCUT2D eigenvalue weighted by Crippen LogP contribution is 2.29. The summed E-state index contributed by atoms with van der Waals surface area (Å²) < 4.78 is 5.32. The number of nitrogens with one attached hydrogen (secondary N) is 1. The molecule has 0 saturated carbocycles. The number of hydrogen-bond donors (Lipinski definition) is 2. The van der Waals surface area contributed by atoms with Crippen molar-refractivity contribution in [1.29, 1.82) is 0 Å². The number of nitrogen functional groups attached to an aromatic ring is 1. The zero-order valence-corrected chi connectivity index (χ0v) is 12.8. The molecule has 0 aromatic heterocycles. The van der Waals surface area contributed by atoms with Gasteiger partial charge in [0.1, 0.15) is 0 Å². The van der Waals surface area contributed by atoms with E-state index in [0.717, 1.165) is 26.1 Å². The second-order valence-corrected chi connectivity index (χ2v) is 5.86. The monoisotopic (exact) mass is 316 g/mol. The fourth-order valence-electron chi connectivity index (χ4n) is 2.39. The first-order valence-electron chi connectivity index (χ1n) is 6.62. The van der Waals surface area contributed by atoms with E-state index in [-0.39, 0.29) is 22.0 Å². The zero-order chi connectivity index (χ0) is 14.7. The van der Waals surface area contributed by atoms with Crippen molar-refractivity contribution in [3.05, 3.63) is 27.7 Å². The summed E-state index contributed by atoms with van der Waals surface area (Å²) in [5, 5.41) is 3.49. The van der Waals surface area contributed by atoms with E-state index in [0.29, 0.717) is 17.2 Å². The predicted molar refractivity (Wildman–Crippen MR) is 81.3 cm³/mol. The molecule has 110 valence electrons. The number of carbonyl (C=O) groups excluding carboxylic acids is 1. The van der Waals surface area contributed by atoms with Gasteiger partial charge in [-0.2, -0.15) is 0 Å². The third-order valence-corrected chi connectivity index (χ3v) is 4.43. The average Bonchev–Trinajstić information content (AvgIpc) is 2.43. The lowest BCUT2D eigenvalue weighted by molar-refractivity contribution is 0.0538. The van der Waals surface area contributed by atoms with Gasteiger partial charge >= 0.3 is 0 Å². The first kappa shape index (κ1) is 15.4. The molecule has 1 aliphatic heterocycles. The van der Waals surface area contributed by atoms with Gasteiger partial charge in [-0.05, 0) is 37.8 Å². The third kappa shape index (κ3) is 3.57. The minimum absolute atomic E-state index is 0.0580. The van der Waals surface area contributed by atoms with E-state index in [1.165, 1.54) is 6.07 Å². The van der Waals surface area contributed by atoms with Crippen LogP contribution < -0.4 is 11.1 Å². The van der Waals surface area contributed by atoms with Crippen LogP contribution in [0.3, 0.4) is 0 Å². The molecule has 1 aromatic carbocycles. The number of ether oxygens (including phenoxy) is 1. The van der Waals surface area contributed by atoms with Crippen LogP contribution in [0.4, 0.5) is 5.69 Å². The number of carbonyl (C=O) groups is 1. The summed E-state index contributed by atoms with van der Waals surface area (Å²) in [7, 11) is 0. The van der Waals surface area contributed by atoms with Crippen LogP contribution in [-0.4, -0.2) is 25.2 Å². The SMILES string of the molecule is CC(NC(=O)c1cc(N)cc(Cl)c1Cl)C1CCOCC1. The fraction of sp³-hybridized carbons (Fsp3) is 0.500. The van der Waals surface area contributed by atoms with Crippen molar-refractivity contribution in [2.45, 2.75) is 25.8 Å². The van der Waals surface area contributed by atoms with Crippen LogP contribution in [0.1, 0.15) is 30.1 Å². The van der Waals surface area contributed by atoms with E-state index in [4.69, 9.17) is 33.7 Å². The predicted octanol–water partition coefficient (Wildman–Crippen LogP) is 3.12.